The van der Waals surface area contributed by atoms with Gasteiger partial charge in [-0.25, -0.2) is 13.2 Å². The average Bonchev–Trinajstić information content (AvgIpc) is 3.01. The van der Waals surface area contributed by atoms with Crippen molar-refractivity contribution < 1.29 is 22.8 Å². The Bertz CT molecular complexity index is 1290. The Morgan fingerprint density at radius 2 is 1.89 bits per heavy atom. The van der Waals surface area contributed by atoms with Gasteiger partial charge in [-0.2, -0.15) is 0 Å². The summed E-state index contributed by atoms with van der Waals surface area (Å²) >= 11 is 0. The van der Waals surface area contributed by atoms with E-state index in [1.807, 2.05) is 19.9 Å². The lowest BCUT2D eigenvalue weighted by Crippen LogP contribution is -2.54. The summed E-state index contributed by atoms with van der Waals surface area (Å²) in [6.45, 7) is 5.02. The van der Waals surface area contributed by atoms with Gasteiger partial charge < -0.3 is 10.6 Å². The number of hydrogen-bond donors (Lipinski definition) is 3. The fourth-order valence-corrected chi connectivity index (χ4v) is 6.19. The lowest BCUT2D eigenvalue weighted by atomic mass is 9.73. The molecule has 10 heteroatoms. The first kappa shape index (κ1) is 24.7. The van der Waals surface area contributed by atoms with Crippen LogP contribution in [0.15, 0.2) is 47.4 Å². The lowest BCUT2D eigenvalue weighted by Gasteiger charge is -2.36. The summed E-state index contributed by atoms with van der Waals surface area (Å²) in [6.07, 6.45) is 3.24. The quantitative estimate of drug-likeness (QED) is 0.526. The minimum atomic E-state index is -3.91. The molecule has 2 aromatic carbocycles. The number of carbonyl (C=O) groups is 3. The molecule has 1 heterocycles. The summed E-state index contributed by atoms with van der Waals surface area (Å²) in [7, 11) is -3.91. The third kappa shape index (κ3) is 4.88. The van der Waals surface area contributed by atoms with Crippen LogP contribution in [-0.4, -0.2) is 43.2 Å². The molecular formula is C25H30N4O5S. The van der Waals surface area contributed by atoms with Crippen LogP contribution >= 0.6 is 0 Å². The molecule has 0 unspecified atom stereocenters. The second-order valence-corrected chi connectivity index (χ2v) is 11.1. The second kappa shape index (κ2) is 9.33. The van der Waals surface area contributed by atoms with Crippen molar-refractivity contribution in [3.63, 3.8) is 0 Å². The van der Waals surface area contributed by atoms with Crippen LogP contribution in [0.4, 0.5) is 16.2 Å². The van der Waals surface area contributed by atoms with Gasteiger partial charge in [-0.1, -0.05) is 38.0 Å². The first-order chi connectivity index (χ1) is 16.5. The van der Waals surface area contributed by atoms with Crippen molar-refractivity contribution in [3.8, 4) is 0 Å². The highest BCUT2D eigenvalue weighted by Gasteiger charge is 2.55. The summed E-state index contributed by atoms with van der Waals surface area (Å²) in [5.74, 6) is -0.973. The number of imide groups is 1. The average molecular weight is 499 g/mol. The Morgan fingerprint density at radius 1 is 1.11 bits per heavy atom. The van der Waals surface area contributed by atoms with E-state index in [0.29, 0.717) is 17.7 Å². The van der Waals surface area contributed by atoms with E-state index < -0.39 is 34.0 Å². The standard InChI is InChI=1S/C25H30N4O5S/c1-16-7-6-9-20(13-16)28-35(33,34)21-14-19(11-10-17(21)2)26-22(30)15-29-23(31)25(27-24(29)32)12-5-4-8-18(25)3/h6-7,9-11,13-14,18,28H,4-5,8,12,15H2,1-3H3,(H,26,30)(H,27,32)/t18-,25+/m1/s1. The fourth-order valence-electron chi connectivity index (χ4n) is 4.87. The number of anilines is 2. The molecule has 2 fully saturated rings. The number of urea groups is 1. The van der Waals surface area contributed by atoms with E-state index in [-0.39, 0.29) is 22.4 Å². The highest BCUT2D eigenvalue weighted by atomic mass is 32.2. The summed E-state index contributed by atoms with van der Waals surface area (Å²) < 4.78 is 28.6. The Hall–Kier alpha value is -3.40. The maximum absolute atomic E-state index is 13.1. The van der Waals surface area contributed by atoms with E-state index in [2.05, 4.69) is 15.4 Å². The zero-order chi connectivity index (χ0) is 25.4. The molecule has 2 aliphatic rings. The Balaban J connectivity index is 1.48. The first-order valence-electron chi connectivity index (χ1n) is 11.7. The van der Waals surface area contributed by atoms with Crippen molar-refractivity contribution in [2.75, 3.05) is 16.6 Å². The highest BCUT2D eigenvalue weighted by Crippen LogP contribution is 2.38. The van der Waals surface area contributed by atoms with E-state index in [1.165, 1.54) is 6.07 Å². The number of rotatable bonds is 6. The summed E-state index contributed by atoms with van der Waals surface area (Å²) in [4.78, 5) is 39.3. The molecule has 3 N–H and O–H groups in total. The second-order valence-electron chi connectivity index (χ2n) is 9.44. The minimum absolute atomic E-state index is 0.00785. The molecular weight excluding hydrogens is 468 g/mol. The number of amides is 4. The summed E-state index contributed by atoms with van der Waals surface area (Å²) in [6, 6.07) is 10.9. The van der Waals surface area contributed by atoms with Gasteiger partial charge in [-0.05, 0) is 68.0 Å². The molecule has 1 aliphatic carbocycles. The zero-order valence-electron chi connectivity index (χ0n) is 20.1. The number of aryl methyl sites for hydroxylation is 2. The number of nitrogens with zero attached hydrogens (tertiary/aromatic N) is 1. The van der Waals surface area contributed by atoms with Crippen molar-refractivity contribution >= 4 is 39.2 Å². The minimum Gasteiger partial charge on any atom is -0.324 e. The van der Waals surface area contributed by atoms with Gasteiger partial charge in [-0.3, -0.25) is 19.2 Å². The smallest absolute Gasteiger partial charge is 0.324 e. The molecule has 4 amide bonds. The maximum Gasteiger partial charge on any atom is 0.325 e. The molecule has 9 nitrogen and oxygen atoms in total. The van der Waals surface area contributed by atoms with E-state index in [9.17, 15) is 22.8 Å². The van der Waals surface area contributed by atoms with Crippen LogP contribution in [0.3, 0.4) is 0 Å². The van der Waals surface area contributed by atoms with E-state index >= 15 is 0 Å². The van der Waals surface area contributed by atoms with Gasteiger partial charge >= 0.3 is 6.03 Å². The van der Waals surface area contributed by atoms with Crippen molar-refractivity contribution in [2.45, 2.75) is 56.9 Å². The number of carbonyl (C=O) groups excluding carboxylic acids is 3. The molecule has 2 aromatic rings. The van der Waals surface area contributed by atoms with Crippen LogP contribution in [0.5, 0.6) is 0 Å². The molecule has 1 saturated carbocycles. The van der Waals surface area contributed by atoms with Gasteiger partial charge in [0.05, 0.1) is 4.90 Å². The molecule has 35 heavy (non-hydrogen) atoms. The number of hydrogen-bond acceptors (Lipinski definition) is 5. The largest absolute Gasteiger partial charge is 0.325 e. The van der Waals surface area contributed by atoms with Crippen LogP contribution in [-0.2, 0) is 19.6 Å². The monoisotopic (exact) mass is 498 g/mol. The van der Waals surface area contributed by atoms with Gasteiger partial charge in [-0.15, -0.1) is 0 Å². The molecule has 186 valence electrons. The Morgan fingerprint density at radius 3 is 2.60 bits per heavy atom. The molecule has 1 spiro atoms. The SMILES string of the molecule is Cc1cccc(NS(=O)(=O)c2cc(NC(=O)CN3C(=O)N[C@]4(CCCC[C@H]4C)C3=O)ccc2C)c1. The molecule has 0 radical (unpaired) electrons. The van der Waals surface area contributed by atoms with Crippen LogP contribution in [0.25, 0.3) is 0 Å². The molecule has 0 aromatic heterocycles. The van der Waals surface area contributed by atoms with E-state index in [4.69, 9.17) is 0 Å². The zero-order valence-corrected chi connectivity index (χ0v) is 20.9. The molecule has 2 atom stereocenters. The Labute approximate surface area is 205 Å². The van der Waals surface area contributed by atoms with Gasteiger partial charge in [0, 0.05) is 11.4 Å². The van der Waals surface area contributed by atoms with E-state index in [0.717, 1.165) is 29.7 Å². The van der Waals surface area contributed by atoms with Crippen molar-refractivity contribution in [1.82, 2.24) is 10.2 Å². The first-order valence-corrected chi connectivity index (χ1v) is 13.1. The summed E-state index contributed by atoms with van der Waals surface area (Å²) in [5, 5.41) is 5.44. The van der Waals surface area contributed by atoms with Crippen LogP contribution in [0, 0.1) is 19.8 Å². The number of benzene rings is 2. The number of nitrogens with one attached hydrogen (secondary N) is 3. The van der Waals surface area contributed by atoms with Gasteiger partial charge in [0.25, 0.3) is 15.9 Å². The van der Waals surface area contributed by atoms with E-state index in [1.54, 1.807) is 37.3 Å². The van der Waals surface area contributed by atoms with Crippen molar-refractivity contribution in [1.29, 1.82) is 0 Å². The predicted octanol–water partition coefficient (Wildman–Crippen LogP) is 3.54. The van der Waals surface area contributed by atoms with Crippen LogP contribution < -0.4 is 15.4 Å². The molecule has 0 bridgehead atoms. The topological polar surface area (TPSA) is 125 Å². The molecule has 1 aliphatic heterocycles. The van der Waals surface area contributed by atoms with Gasteiger partial charge in [0.2, 0.25) is 5.91 Å². The van der Waals surface area contributed by atoms with Crippen molar-refractivity contribution in [2.24, 2.45) is 5.92 Å². The van der Waals surface area contributed by atoms with Gasteiger partial charge in [0.15, 0.2) is 0 Å². The molecule has 4 rings (SSSR count). The van der Waals surface area contributed by atoms with Crippen LogP contribution in [0.1, 0.15) is 43.7 Å². The normalized spacial score (nSPS) is 22.3. The van der Waals surface area contributed by atoms with Gasteiger partial charge in [0.1, 0.15) is 12.1 Å². The summed E-state index contributed by atoms with van der Waals surface area (Å²) in [5.41, 5.74) is 1.15. The lowest BCUT2D eigenvalue weighted by molar-refractivity contribution is -0.136. The van der Waals surface area contributed by atoms with Crippen LogP contribution in [0.2, 0.25) is 0 Å². The maximum atomic E-state index is 13.1. The fraction of sp³-hybridized carbons (Fsp3) is 0.400. The predicted molar refractivity (Wildman–Crippen MR) is 132 cm³/mol. The third-order valence-corrected chi connectivity index (χ3v) is 8.36. The number of sulfonamides is 1. The molecule has 1 saturated heterocycles. The van der Waals surface area contributed by atoms with Crippen molar-refractivity contribution in [3.05, 3.63) is 53.6 Å². The highest BCUT2D eigenvalue weighted by molar-refractivity contribution is 7.92. The Kier molecular flexibility index (Phi) is 6.59. The third-order valence-electron chi connectivity index (χ3n) is 6.83.